The molecule has 0 aliphatic carbocycles. The van der Waals surface area contributed by atoms with Crippen LogP contribution >= 0.6 is 0 Å². The fourth-order valence-corrected chi connectivity index (χ4v) is 1.96. The van der Waals surface area contributed by atoms with Gasteiger partial charge in [0.15, 0.2) is 0 Å². The second kappa shape index (κ2) is 6.01. The van der Waals surface area contributed by atoms with E-state index in [1.54, 1.807) is 6.33 Å². The van der Waals surface area contributed by atoms with Gasteiger partial charge in [0.25, 0.3) is 0 Å². The number of aryl methyl sites for hydroxylation is 2. The lowest BCUT2D eigenvalue weighted by molar-refractivity contribution is 0.574. The van der Waals surface area contributed by atoms with Gasteiger partial charge in [-0.1, -0.05) is 19.1 Å². The minimum absolute atomic E-state index is 0.568. The minimum atomic E-state index is 0.568. The number of rotatable bonds is 5. The van der Waals surface area contributed by atoms with Crippen LogP contribution < -0.4 is 5.32 Å². The Morgan fingerprint density at radius 1 is 1.42 bits per heavy atom. The van der Waals surface area contributed by atoms with Gasteiger partial charge in [0.1, 0.15) is 18.2 Å². The fourth-order valence-electron chi connectivity index (χ4n) is 1.96. The maximum atomic E-state index is 9.17. The number of aromatic nitrogens is 3. The number of benzene rings is 1. The van der Waals surface area contributed by atoms with Crippen molar-refractivity contribution in [2.45, 2.75) is 33.4 Å². The predicted molar refractivity (Wildman–Crippen MR) is 73.5 cm³/mol. The third-order valence-corrected chi connectivity index (χ3v) is 2.95. The Balaban J connectivity index is 2.13. The van der Waals surface area contributed by atoms with Crippen molar-refractivity contribution in [3.8, 4) is 6.07 Å². The molecule has 19 heavy (non-hydrogen) atoms. The minimum Gasteiger partial charge on any atom is -0.377 e. The third kappa shape index (κ3) is 2.91. The van der Waals surface area contributed by atoms with E-state index in [4.69, 9.17) is 0 Å². The molecule has 5 heteroatoms. The van der Waals surface area contributed by atoms with Gasteiger partial charge >= 0.3 is 0 Å². The quantitative estimate of drug-likeness (QED) is 0.891. The first kappa shape index (κ1) is 13.1. The van der Waals surface area contributed by atoms with E-state index in [9.17, 15) is 5.26 Å². The molecular weight excluding hydrogens is 238 g/mol. The molecule has 0 saturated heterocycles. The zero-order valence-electron chi connectivity index (χ0n) is 11.2. The van der Waals surface area contributed by atoms with Crippen LogP contribution in [-0.4, -0.2) is 14.8 Å². The molecule has 5 nitrogen and oxygen atoms in total. The Bertz CT molecular complexity index is 594. The van der Waals surface area contributed by atoms with Gasteiger partial charge in [-0.3, -0.25) is 0 Å². The molecular formula is C14H17N5. The summed E-state index contributed by atoms with van der Waals surface area (Å²) in [6.07, 6.45) is 2.58. The van der Waals surface area contributed by atoms with Gasteiger partial charge in [0, 0.05) is 6.54 Å². The molecule has 1 aromatic carbocycles. The molecule has 0 fully saturated rings. The summed E-state index contributed by atoms with van der Waals surface area (Å²) < 4.78 is 1.88. The maximum Gasteiger partial charge on any atom is 0.146 e. The molecule has 2 rings (SSSR count). The Labute approximate surface area is 112 Å². The molecule has 1 heterocycles. The number of anilines is 1. The van der Waals surface area contributed by atoms with Gasteiger partial charge in [-0.2, -0.15) is 10.4 Å². The van der Waals surface area contributed by atoms with E-state index >= 15 is 0 Å². The lowest BCUT2D eigenvalue weighted by Crippen LogP contribution is -2.10. The maximum absolute atomic E-state index is 9.17. The summed E-state index contributed by atoms with van der Waals surface area (Å²) in [4.78, 5) is 4.23. The Morgan fingerprint density at radius 2 is 2.26 bits per heavy atom. The normalized spacial score (nSPS) is 10.2. The SMILES string of the molecule is CCCn1ncnc1CNc1cccc(C)c1C#N. The molecule has 0 spiro atoms. The van der Waals surface area contributed by atoms with Crippen molar-refractivity contribution < 1.29 is 0 Å². The van der Waals surface area contributed by atoms with Gasteiger partial charge in [-0.25, -0.2) is 9.67 Å². The first-order valence-corrected chi connectivity index (χ1v) is 6.36. The van der Waals surface area contributed by atoms with Crippen LogP contribution in [0.4, 0.5) is 5.69 Å². The van der Waals surface area contributed by atoms with Crippen LogP contribution in [0.3, 0.4) is 0 Å². The lowest BCUT2D eigenvalue weighted by Gasteiger charge is -2.10. The van der Waals surface area contributed by atoms with Gasteiger partial charge in [-0.05, 0) is 25.0 Å². The highest BCUT2D eigenvalue weighted by molar-refractivity contribution is 5.60. The van der Waals surface area contributed by atoms with Gasteiger partial charge in [0.2, 0.25) is 0 Å². The van der Waals surface area contributed by atoms with Crippen molar-refractivity contribution >= 4 is 5.69 Å². The van der Waals surface area contributed by atoms with Crippen molar-refractivity contribution in [3.05, 3.63) is 41.5 Å². The number of hydrogen-bond donors (Lipinski definition) is 1. The predicted octanol–water partition coefficient (Wildman–Crippen LogP) is 2.48. The van der Waals surface area contributed by atoms with Crippen LogP contribution in [0.5, 0.6) is 0 Å². The van der Waals surface area contributed by atoms with Gasteiger partial charge in [0.05, 0.1) is 17.8 Å². The van der Waals surface area contributed by atoms with E-state index in [0.29, 0.717) is 12.1 Å². The van der Waals surface area contributed by atoms with Crippen LogP contribution in [0, 0.1) is 18.3 Å². The summed E-state index contributed by atoms with van der Waals surface area (Å²) in [5.74, 6) is 0.882. The molecule has 98 valence electrons. The summed E-state index contributed by atoms with van der Waals surface area (Å²) in [6, 6.07) is 8.01. The summed E-state index contributed by atoms with van der Waals surface area (Å²) in [6.45, 7) is 5.46. The fraction of sp³-hybridized carbons (Fsp3) is 0.357. The highest BCUT2D eigenvalue weighted by Crippen LogP contribution is 2.18. The summed E-state index contributed by atoms with van der Waals surface area (Å²) in [5, 5.41) is 16.6. The largest absolute Gasteiger partial charge is 0.377 e. The first-order chi connectivity index (χ1) is 9.26. The standard InChI is InChI=1S/C14H17N5/c1-3-7-19-14(17-10-18-19)9-16-13-6-4-5-11(2)12(13)8-15/h4-6,10,16H,3,7,9H2,1-2H3. The average molecular weight is 255 g/mol. The highest BCUT2D eigenvalue weighted by atomic mass is 15.3. The van der Waals surface area contributed by atoms with Crippen LogP contribution in [0.2, 0.25) is 0 Å². The van der Waals surface area contributed by atoms with Crippen molar-refractivity contribution in [2.75, 3.05) is 5.32 Å². The van der Waals surface area contributed by atoms with E-state index in [2.05, 4.69) is 28.4 Å². The average Bonchev–Trinajstić information content (AvgIpc) is 2.84. The highest BCUT2D eigenvalue weighted by Gasteiger charge is 2.07. The van der Waals surface area contributed by atoms with Crippen molar-refractivity contribution in [2.24, 2.45) is 0 Å². The number of nitrogens with one attached hydrogen (secondary N) is 1. The second-order valence-corrected chi connectivity index (χ2v) is 4.36. The Kier molecular flexibility index (Phi) is 4.14. The topological polar surface area (TPSA) is 66.5 Å². The van der Waals surface area contributed by atoms with E-state index in [0.717, 1.165) is 30.0 Å². The van der Waals surface area contributed by atoms with E-state index in [1.165, 1.54) is 0 Å². The molecule has 1 aromatic heterocycles. The zero-order chi connectivity index (χ0) is 13.7. The van der Waals surface area contributed by atoms with E-state index in [1.807, 2.05) is 29.8 Å². The monoisotopic (exact) mass is 255 g/mol. The van der Waals surface area contributed by atoms with Crippen LogP contribution in [0.25, 0.3) is 0 Å². The van der Waals surface area contributed by atoms with Crippen LogP contribution in [0.1, 0.15) is 30.3 Å². The molecule has 2 aromatic rings. The molecule has 0 bridgehead atoms. The third-order valence-electron chi connectivity index (χ3n) is 2.95. The van der Waals surface area contributed by atoms with Crippen molar-refractivity contribution in [3.63, 3.8) is 0 Å². The Morgan fingerprint density at radius 3 is 3.00 bits per heavy atom. The molecule has 0 atom stereocenters. The van der Waals surface area contributed by atoms with E-state index < -0.39 is 0 Å². The smallest absolute Gasteiger partial charge is 0.146 e. The zero-order valence-corrected chi connectivity index (χ0v) is 11.2. The molecule has 0 saturated carbocycles. The van der Waals surface area contributed by atoms with Gasteiger partial charge < -0.3 is 5.32 Å². The summed E-state index contributed by atoms with van der Waals surface area (Å²) in [7, 11) is 0. The Hall–Kier alpha value is -2.35. The second-order valence-electron chi connectivity index (χ2n) is 4.36. The first-order valence-electron chi connectivity index (χ1n) is 6.36. The lowest BCUT2D eigenvalue weighted by atomic mass is 10.1. The number of nitriles is 1. The summed E-state index contributed by atoms with van der Waals surface area (Å²) in [5.41, 5.74) is 2.50. The summed E-state index contributed by atoms with van der Waals surface area (Å²) >= 11 is 0. The van der Waals surface area contributed by atoms with Crippen molar-refractivity contribution in [1.82, 2.24) is 14.8 Å². The van der Waals surface area contributed by atoms with E-state index in [-0.39, 0.29) is 0 Å². The molecule has 0 unspecified atom stereocenters. The number of nitrogens with zero attached hydrogens (tertiary/aromatic N) is 4. The van der Waals surface area contributed by atoms with Crippen LogP contribution in [0.15, 0.2) is 24.5 Å². The molecule has 0 aliphatic rings. The molecule has 1 N–H and O–H groups in total. The molecule has 0 radical (unpaired) electrons. The van der Waals surface area contributed by atoms with Gasteiger partial charge in [-0.15, -0.1) is 0 Å². The van der Waals surface area contributed by atoms with Crippen molar-refractivity contribution in [1.29, 1.82) is 5.26 Å². The molecule has 0 aliphatic heterocycles. The molecule has 0 amide bonds. The number of hydrogen-bond acceptors (Lipinski definition) is 4. The van der Waals surface area contributed by atoms with Crippen LogP contribution in [-0.2, 0) is 13.1 Å².